The van der Waals surface area contributed by atoms with Crippen molar-refractivity contribution >= 4 is 23.2 Å². The fourth-order valence-corrected chi connectivity index (χ4v) is 2.46. The third-order valence-electron chi connectivity index (χ3n) is 3.05. The van der Waals surface area contributed by atoms with E-state index in [0.29, 0.717) is 22.3 Å². The number of nitrogens with zero attached hydrogens (tertiary/aromatic N) is 2. The average molecular weight is 312 g/mol. The van der Waals surface area contributed by atoms with E-state index in [0.717, 1.165) is 11.3 Å². The van der Waals surface area contributed by atoms with E-state index in [9.17, 15) is 0 Å². The van der Waals surface area contributed by atoms with Crippen molar-refractivity contribution in [3.8, 4) is 5.88 Å². The van der Waals surface area contributed by atoms with Gasteiger partial charge in [0.15, 0.2) is 0 Å². The molecule has 1 N–H and O–H groups in total. The van der Waals surface area contributed by atoms with Gasteiger partial charge >= 0.3 is 0 Å². The number of likely N-dealkylation sites (N-methyl/N-ethyl adjacent to an activating group) is 1. The summed E-state index contributed by atoms with van der Waals surface area (Å²) in [6.45, 7) is 0. The van der Waals surface area contributed by atoms with Gasteiger partial charge in [-0.2, -0.15) is 5.10 Å². The Morgan fingerprint density at radius 1 is 1.15 bits per heavy atom. The standard InChI is InChI=1S/C14H15Cl2N3O/c1-17-13(12-6-7-14(20-2)19-18-12)8-9-10(15)4-3-5-11(9)16/h3-7,13,17H,8H2,1-2H3. The van der Waals surface area contributed by atoms with Gasteiger partial charge in [0.2, 0.25) is 5.88 Å². The monoisotopic (exact) mass is 311 g/mol. The lowest BCUT2D eigenvalue weighted by Gasteiger charge is -2.17. The average Bonchev–Trinajstić information content (AvgIpc) is 2.47. The van der Waals surface area contributed by atoms with Crippen LogP contribution in [-0.2, 0) is 6.42 Å². The van der Waals surface area contributed by atoms with Gasteiger partial charge in [-0.1, -0.05) is 29.3 Å². The second-order valence-electron chi connectivity index (χ2n) is 4.25. The van der Waals surface area contributed by atoms with Crippen molar-refractivity contribution < 1.29 is 4.74 Å². The van der Waals surface area contributed by atoms with Crippen LogP contribution in [0.25, 0.3) is 0 Å². The summed E-state index contributed by atoms with van der Waals surface area (Å²) >= 11 is 12.4. The summed E-state index contributed by atoms with van der Waals surface area (Å²) in [7, 11) is 3.42. The highest BCUT2D eigenvalue weighted by Gasteiger charge is 2.16. The van der Waals surface area contributed by atoms with Gasteiger partial charge in [-0.05, 0) is 37.2 Å². The van der Waals surface area contributed by atoms with Gasteiger partial charge in [-0.15, -0.1) is 5.10 Å². The maximum Gasteiger partial charge on any atom is 0.233 e. The third-order valence-corrected chi connectivity index (χ3v) is 3.75. The summed E-state index contributed by atoms with van der Waals surface area (Å²) in [5, 5.41) is 12.6. The highest BCUT2D eigenvalue weighted by Crippen LogP contribution is 2.28. The Bertz CT molecular complexity index is 555. The van der Waals surface area contributed by atoms with Crippen LogP contribution in [0.4, 0.5) is 0 Å². The number of hydrogen-bond acceptors (Lipinski definition) is 4. The van der Waals surface area contributed by atoms with Crippen LogP contribution >= 0.6 is 23.2 Å². The van der Waals surface area contributed by atoms with Crippen LogP contribution in [0.1, 0.15) is 17.3 Å². The van der Waals surface area contributed by atoms with Crippen LogP contribution in [0.5, 0.6) is 5.88 Å². The first kappa shape index (κ1) is 15.0. The summed E-state index contributed by atoms with van der Waals surface area (Å²) in [5.41, 5.74) is 1.71. The van der Waals surface area contributed by atoms with Crippen LogP contribution < -0.4 is 10.1 Å². The van der Waals surface area contributed by atoms with Crippen molar-refractivity contribution in [2.45, 2.75) is 12.5 Å². The number of ether oxygens (including phenoxy) is 1. The van der Waals surface area contributed by atoms with Gasteiger partial charge in [-0.25, -0.2) is 0 Å². The number of aromatic nitrogens is 2. The van der Waals surface area contributed by atoms with E-state index in [1.165, 1.54) is 0 Å². The molecule has 0 amide bonds. The zero-order chi connectivity index (χ0) is 14.5. The number of rotatable bonds is 5. The summed E-state index contributed by atoms with van der Waals surface area (Å²) in [4.78, 5) is 0. The molecule has 1 aromatic heterocycles. The molecule has 2 aromatic rings. The molecule has 0 radical (unpaired) electrons. The Morgan fingerprint density at radius 3 is 2.35 bits per heavy atom. The Balaban J connectivity index is 2.24. The Labute approximate surface area is 128 Å². The van der Waals surface area contributed by atoms with Crippen molar-refractivity contribution in [2.75, 3.05) is 14.2 Å². The minimum Gasteiger partial charge on any atom is -0.480 e. The fraction of sp³-hybridized carbons (Fsp3) is 0.286. The minimum atomic E-state index is -0.0224. The van der Waals surface area contributed by atoms with Crippen LogP contribution in [0, 0.1) is 0 Å². The molecule has 0 bridgehead atoms. The largest absolute Gasteiger partial charge is 0.480 e. The molecule has 1 heterocycles. The van der Waals surface area contributed by atoms with Crippen molar-refractivity contribution in [3.63, 3.8) is 0 Å². The second kappa shape index (κ2) is 6.88. The molecule has 2 rings (SSSR count). The van der Waals surface area contributed by atoms with Crippen LogP contribution in [0.3, 0.4) is 0 Å². The number of hydrogen-bond donors (Lipinski definition) is 1. The van der Waals surface area contributed by atoms with Crippen LogP contribution in [-0.4, -0.2) is 24.4 Å². The quantitative estimate of drug-likeness (QED) is 0.920. The fourth-order valence-electron chi connectivity index (χ4n) is 1.91. The van der Waals surface area contributed by atoms with E-state index in [1.807, 2.05) is 31.3 Å². The van der Waals surface area contributed by atoms with Crippen LogP contribution in [0.15, 0.2) is 30.3 Å². The summed E-state index contributed by atoms with van der Waals surface area (Å²) < 4.78 is 5.00. The Kier molecular flexibility index (Phi) is 5.17. The van der Waals surface area contributed by atoms with Crippen LogP contribution in [0.2, 0.25) is 10.0 Å². The topological polar surface area (TPSA) is 47.0 Å². The molecule has 0 saturated heterocycles. The first-order valence-electron chi connectivity index (χ1n) is 6.13. The number of methoxy groups -OCH3 is 1. The lowest BCUT2D eigenvalue weighted by Crippen LogP contribution is -2.20. The molecule has 1 unspecified atom stereocenters. The van der Waals surface area contributed by atoms with Gasteiger partial charge in [0, 0.05) is 16.1 Å². The number of halogens is 2. The second-order valence-corrected chi connectivity index (χ2v) is 5.06. The summed E-state index contributed by atoms with van der Waals surface area (Å²) in [6.07, 6.45) is 0.635. The van der Waals surface area contributed by atoms with E-state index in [1.54, 1.807) is 13.2 Å². The van der Waals surface area contributed by atoms with E-state index in [-0.39, 0.29) is 6.04 Å². The van der Waals surface area contributed by atoms with E-state index >= 15 is 0 Å². The van der Waals surface area contributed by atoms with Gasteiger partial charge in [-0.3, -0.25) is 0 Å². The lowest BCUT2D eigenvalue weighted by atomic mass is 10.0. The molecule has 0 spiro atoms. The van der Waals surface area contributed by atoms with Gasteiger partial charge in [0.05, 0.1) is 18.8 Å². The van der Waals surface area contributed by atoms with Gasteiger partial charge < -0.3 is 10.1 Å². The van der Waals surface area contributed by atoms with E-state index < -0.39 is 0 Å². The molecule has 106 valence electrons. The minimum absolute atomic E-state index is 0.0224. The highest BCUT2D eigenvalue weighted by atomic mass is 35.5. The molecule has 0 aliphatic heterocycles. The summed E-state index contributed by atoms with van der Waals surface area (Å²) in [5.74, 6) is 0.486. The van der Waals surface area contributed by atoms with Crippen molar-refractivity contribution in [2.24, 2.45) is 0 Å². The predicted octanol–water partition coefficient (Wildman–Crippen LogP) is 3.30. The predicted molar refractivity (Wildman–Crippen MR) is 80.6 cm³/mol. The van der Waals surface area contributed by atoms with E-state index in [4.69, 9.17) is 27.9 Å². The Hall–Kier alpha value is -1.36. The maximum absolute atomic E-state index is 6.20. The third kappa shape index (κ3) is 3.39. The number of nitrogens with one attached hydrogen (secondary N) is 1. The van der Waals surface area contributed by atoms with Crippen molar-refractivity contribution in [3.05, 3.63) is 51.6 Å². The normalized spacial score (nSPS) is 12.2. The van der Waals surface area contributed by atoms with Gasteiger partial charge in [0.1, 0.15) is 0 Å². The van der Waals surface area contributed by atoms with E-state index in [2.05, 4.69) is 15.5 Å². The zero-order valence-electron chi connectivity index (χ0n) is 11.2. The molecular formula is C14H15Cl2N3O. The first-order valence-corrected chi connectivity index (χ1v) is 6.89. The molecule has 1 aromatic carbocycles. The zero-order valence-corrected chi connectivity index (χ0v) is 12.7. The molecular weight excluding hydrogens is 297 g/mol. The molecule has 0 fully saturated rings. The van der Waals surface area contributed by atoms with Gasteiger partial charge in [0.25, 0.3) is 0 Å². The first-order chi connectivity index (χ1) is 9.65. The molecule has 0 aliphatic rings. The SMILES string of the molecule is CNC(Cc1c(Cl)cccc1Cl)c1ccc(OC)nn1. The summed E-state index contributed by atoms with van der Waals surface area (Å²) in [6, 6.07) is 9.12. The molecule has 0 aliphatic carbocycles. The molecule has 4 nitrogen and oxygen atoms in total. The molecule has 1 atom stereocenters. The maximum atomic E-state index is 6.20. The van der Waals surface area contributed by atoms with Crippen molar-refractivity contribution in [1.29, 1.82) is 0 Å². The molecule has 20 heavy (non-hydrogen) atoms. The highest BCUT2D eigenvalue weighted by molar-refractivity contribution is 6.36. The Morgan fingerprint density at radius 2 is 1.85 bits per heavy atom. The number of benzene rings is 1. The molecule has 6 heteroatoms. The smallest absolute Gasteiger partial charge is 0.233 e. The van der Waals surface area contributed by atoms with Crippen molar-refractivity contribution in [1.82, 2.24) is 15.5 Å². The lowest BCUT2D eigenvalue weighted by molar-refractivity contribution is 0.389. The molecule has 0 saturated carbocycles.